The number of aromatic nitrogens is 3. The van der Waals surface area contributed by atoms with Gasteiger partial charge in [0.2, 0.25) is 0 Å². The van der Waals surface area contributed by atoms with Crippen molar-refractivity contribution in [3.63, 3.8) is 0 Å². The molecular formula is C51H35N3S. The SMILES string of the molecule is C=C/C=C\C=C/c1cccc(-c2nc(-c3ccccc3)nc(-c3cccc4sc5ccc(-c6cccc(-c7cccc(-c8ccccc8)c7)c6)cc5c34)n2)c1. The standard InChI is InChI=1S/C51H35N3S/c1-2-3-4-7-16-35-17-12-26-43(31-35)50-52-49(37-20-10-6-11-21-37)53-51(54-50)44-27-15-28-47-48(44)45-34-42(29-30-46(45)55-47)41-25-14-24-40(33-41)39-23-13-22-38(32-39)36-18-8-5-9-19-36/h2-34H,1H2/b4-3-,16-7-. The number of thiophene rings is 1. The Bertz CT molecular complexity index is 2890. The predicted octanol–water partition coefficient (Wildman–Crippen LogP) is 14.0. The maximum Gasteiger partial charge on any atom is 0.164 e. The van der Waals surface area contributed by atoms with Crippen LogP contribution in [-0.4, -0.2) is 15.0 Å². The highest BCUT2D eigenvalue weighted by Gasteiger charge is 2.18. The fourth-order valence-electron chi connectivity index (χ4n) is 7.01. The molecule has 9 rings (SSSR count). The predicted molar refractivity (Wildman–Crippen MR) is 234 cm³/mol. The third-order valence-corrected chi connectivity index (χ3v) is 10.8. The Morgan fingerprint density at radius 3 is 1.67 bits per heavy atom. The normalized spacial score (nSPS) is 11.6. The van der Waals surface area contributed by atoms with Gasteiger partial charge in [-0.25, -0.2) is 15.0 Å². The Kier molecular flexibility index (Phi) is 9.31. The van der Waals surface area contributed by atoms with E-state index in [1.807, 2.05) is 54.6 Å². The number of allylic oxidation sites excluding steroid dienone is 4. The molecule has 7 aromatic carbocycles. The van der Waals surface area contributed by atoms with Crippen LogP contribution in [0.3, 0.4) is 0 Å². The monoisotopic (exact) mass is 721 g/mol. The third-order valence-electron chi connectivity index (χ3n) is 9.69. The Hall–Kier alpha value is -7.01. The minimum absolute atomic E-state index is 0.631. The molecule has 3 nitrogen and oxygen atoms in total. The zero-order valence-electron chi connectivity index (χ0n) is 30.0. The Balaban J connectivity index is 1.15. The zero-order valence-corrected chi connectivity index (χ0v) is 30.8. The molecule has 0 atom stereocenters. The van der Waals surface area contributed by atoms with Crippen molar-refractivity contribution in [2.24, 2.45) is 0 Å². The summed E-state index contributed by atoms with van der Waals surface area (Å²) in [5.41, 5.74) is 11.0. The molecule has 0 N–H and O–H groups in total. The van der Waals surface area contributed by atoms with E-state index in [-0.39, 0.29) is 0 Å². The quantitative estimate of drug-likeness (QED) is 0.139. The Labute approximate surface area is 325 Å². The van der Waals surface area contributed by atoms with Crippen LogP contribution in [0.1, 0.15) is 5.56 Å². The van der Waals surface area contributed by atoms with Gasteiger partial charge in [-0.05, 0) is 75.3 Å². The first kappa shape index (κ1) is 33.8. The van der Waals surface area contributed by atoms with Crippen molar-refractivity contribution in [3.05, 3.63) is 206 Å². The van der Waals surface area contributed by atoms with Gasteiger partial charge in [0.25, 0.3) is 0 Å². The van der Waals surface area contributed by atoms with Gasteiger partial charge < -0.3 is 0 Å². The molecule has 55 heavy (non-hydrogen) atoms. The molecule has 0 aliphatic carbocycles. The maximum absolute atomic E-state index is 5.17. The summed E-state index contributed by atoms with van der Waals surface area (Å²) in [4.78, 5) is 15.3. The van der Waals surface area contributed by atoms with Crippen molar-refractivity contribution >= 4 is 37.6 Å². The molecule has 260 valence electrons. The summed E-state index contributed by atoms with van der Waals surface area (Å²) in [6.07, 6.45) is 9.71. The Morgan fingerprint density at radius 2 is 0.964 bits per heavy atom. The summed E-state index contributed by atoms with van der Waals surface area (Å²) in [5.74, 6) is 1.92. The van der Waals surface area contributed by atoms with Crippen molar-refractivity contribution in [1.29, 1.82) is 0 Å². The number of hydrogen-bond donors (Lipinski definition) is 0. The van der Waals surface area contributed by atoms with Gasteiger partial charge in [-0.2, -0.15) is 0 Å². The van der Waals surface area contributed by atoms with Gasteiger partial charge >= 0.3 is 0 Å². The average molecular weight is 722 g/mol. The second kappa shape index (κ2) is 15.2. The number of hydrogen-bond acceptors (Lipinski definition) is 4. The number of nitrogens with zero attached hydrogens (tertiary/aromatic N) is 3. The lowest BCUT2D eigenvalue weighted by Gasteiger charge is -2.10. The lowest BCUT2D eigenvalue weighted by atomic mass is 9.95. The van der Waals surface area contributed by atoms with Crippen LogP contribution in [0.5, 0.6) is 0 Å². The van der Waals surface area contributed by atoms with E-state index in [0.29, 0.717) is 17.5 Å². The highest BCUT2D eigenvalue weighted by Crippen LogP contribution is 2.42. The number of rotatable bonds is 9. The first-order valence-electron chi connectivity index (χ1n) is 18.3. The van der Waals surface area contributed by atoms with E-state index in [1.54, 1.807) is 17.4 Å². The summed E-state index contributed by atoms with van der Waals surface area (Å²) in [7, 11) is 0. The number of benzene rings is 7. The highest BCUT2D eigenvalue weighted by atomic mass is 32.1. The summed E-state index contributed by atoms with van der Waals surface area (Å²) < 4.78 is 2.42. The maximum atomic E-state index is 5.17. The van der Waals surface area contributed by atoms with Crippen LogP contribution in [0.15, 0.2) is 201 Å². The van der Waals surface area contributed by atoms with Crippen LogP contribution in [0.2, 0.25) is 0 Å². The molecule has 0 bridgehead atoms. The number of fused-ring (bicyclic) bond motifs is 3. The molecule has 0 fully saturated rings. The fraction of sp³-hybridized carbons (Fsp3) is 0. The van der Waals surface area contributed by atoms with Crippen LogP contribution >= 0.6 is 11.3 Å². The van der Waals surface area contributed by atoms with Crippen LogP contribution in [0.4, 0.5) is 0 Å². The van der Waals surface area contributed by atoms with E-state index in [0.717, 1.165) is 33.2 Å². The molecule has 0 saturated heterocycles. The van der Waals surface area contributed by atoms with Gasteiger partial charge in [0.05, 0.1) is 0 Å². The summed E-state index contributed by atoms with van der Waals surface area (Å²) in [6, 6.07) is 59.9. The van der Waals surface area contributed by atoms with Crippen LogP contribution in [0, 0.1) is 0 Å². The minimum Gasteiger partial charge on any atom is -0.208 e. The Morgan fingerprint density at radius 1 is 0.400 bits per heavy atom. The summed E-state index contributed by atoms with van der Waals surface area (Å²) in [5, 5.41) is 2.34. The van der Waals surface area contributed by atoms with E-state index in [4.69, 9.17) is 15.0 Å². The third kappa shape index (κ3) is 7.07. The van der Waals surface area contributed by atoms with E-state index in [1.165, 1.54) is 42.6 Å². The second-order valence-corrected chi connectivity index (χ2v) is 14.4. The van der Waals surface area contributed by atoms with Crippen LogP contribution in [0.25, 0.3) is 93.8 Å². The lowest BCUT2D eigenvalue weighted by molar-refractivity contribution is 1.08. The van der Waals surface area contributed by atoms with Crippen molar-refractivity contribution < 1.29 is 0 Å². The fourth-order valence-corrected chi connectivity index (χ4v) is 8.13. The van der Waals surface area contributed by atoms with Gasteiger partial charge in [0.15, 0.2) is 17.5 Å². The first-order chi connectivity index (χ1) is 27.2. The van der Waals surface area contributed by atoms with Gasteiger partial charge in [0.1, 0.15) is 0 Å². The molecule has 4 heteroatoms. The molecule has 0 aliphatic rings. The van der Waals surface area contributed by atoms with Crippen LogP contribution in [-0.2, 0) is 0 Å². The van der Waals surface area contributed by atoms with Crippen molar-refractivity contribution in [2.75, 3.05) is 0 Å². The topological polar surface area (TPSA) is 38.7 Å². The first-order valence-corrected chi connectivity index (χ1v) is 19.1. The van der Waals surface area contributed by atoms with Gasteiger partial charge in [0, 0.05) is 36.9 Å². The van der Waals surface area contributed by atoms with E-state index in [9.17, 15) is 0 Å². The average Bonchev–Trinajstić information content (AvgIpc) is 3.64. The molecule has 0 unspecified atom stereocenters. The van der Waals surface area contributed by atoms with Gasteiger partial charge in [-0.15, -0.1) is 11.3 Å². The zero-order chi connectivity index (χ0) is 37.0. The largest absolute Gasteiger partial charge is 0.208 e. The molecule has 2 aromatic heterocycles. The van der Waals surface area contributed by atoms with Gasteiger partial charge in [-0.1, -0.05) is 170 Å². The molecule has 0 aliphatic heterocycles. The van der Waals surface area contributed by atoms with Gasteiger partial charge in [-0.3, -0.25) is 0 Å². The molecule has 0 amide bonds. The molecule has 0 radical (unpaired) electrons. The van der Waals surface area contributed by atoms with E-state index in [2.05, 4.69) is 146 Å². The smallest absolute Gasteiger partial charge is 0.164 e. The van der Waals surface area contributed by atoms with Crippen LogP contribution < -0.4 is 0 Å². The summed E-state index contributed by atoms with van der Waals surface area (Å²) >= 11 is 1.80. The molecule has 9 aromatic rings. The minimum atomic E-state index is 0.631. The van der Waals surface area contributed by atoms with E-state index < -0.39 is 0 Å². The summed E-state index contributed by atoms with van der Waals surface area (Å²) in [6.45, 7) is 3.76. The molecule has 2 heterocycles. The molecule has 0 spiro atoms. The van der Waals surface area contributed by atoms with Crippen molar-refractivity contribution in [3.8, 4) is 67.5 Å². The van der Waals surface area contributed by atoms with Crippen molar-refractivity contribution in [2.45, 2.75) is 0 Å². The molecular weight excluding hydrogens is 687 g/mol. The van der Waals surface area contributed by atoms with E-state index >= 15 is 0 Å². The molecule has 0 saturated carbocycles. The lowest BCUT2D eigenvalue weighted by Crippen LogP contribution is -2.00. The second-order valence-electron chi connectivity index (χ2n) is 13.3. The van der Waals surface area contributed by atoms with Crippen molar-refractivity contribution in [1.82, 2.24) is 15.0 Å². The highest BCUT2D eigenvalue weighted by molar-refractivity contribution is 7.26.